The normalized spacial score (nSPS) is 13.6. The van der Waals surface area contributed by atoms with Crippen molar-refractivity contribution in [2.45, 2.75) is 39.2 Å². The lowest BCUT2D eigenvalue weighted by Crippen LogP contribution is -2.32. The second-order valence-corrected chi connectivity index (χ2v) is 5.43. The quantitative estimate of drug-likeness (QED) is 0.717. The highest BCUT2D eigenvalue weighted by Gasteiger charge is 2.22. The van der Waals surface area contributed by atoms with Gasteiger partial charge in [-0.2, -0.15) is 0 Å². The van der Waals surface area contributed by atoms with Crippen LogP contribution < -0.4 is 16.0 Å². The van der Waals surface area contributed by atoms with Crippen molar-refractivity contribution in [2.24, 2.45) is 0 Å². The third kappa shape index (κ3) is 4.77. The van der Waals surface area contributed by atoms with Gasteiger partial charge in [0.25, 0.3) is 5.91 Å². The minimum Gasteiger partial charge on any atom is -0.385 e. The fraction of sp³-hybridized carbons (Fsp3) is 0.500. The van der Waals surface area contributed by atoms with Gasteiger partial charge in [0, 0.05) is 31.2 Å². The molecule has 3 N–H and O–H groups in total. The molecule has 0 atom stereocenters. The number of amides is 2. The molecule has 0 aliphatic heterocycles. The summed E-state index contributed by atoms with van der Waals surface area (Å²) in [7, 11) is 0. The lowest BCUT2D eigenvalue weighted by atomic mass is 10.1. The SMILES string of the molecule is CCNc1cc(C)ccc1C(=O)NCCC(=O)NC1CC1. The van der Waals surface area contributed by atoms with E-state index in [1.165, 1.54) is 0 Å². The Kier molecular flexibility index (Phi) is 5.20. The molecule has 1 fully saturated rings. The van der Waals surface area contributed by atoms with E-state index < -0.39 is 0 Å². The number of anilines is 1. The summed E-state index contributed by atoms with van der Waals surface area (Å²) in [5.41, 5.74) is 2.55. The molecular weight excluding hydrogens is 266 g/mol. The van der Waals surface area contributed by atoms with Crippen LogP contribution >= 0.6 is 0 Å². The molecule has 114 valence electrons. The minimum atomic E-state index is -0.148. The summed E-state index contributed by atoms with van der Waals surface area (Å²) in [5.74, 6) is -0.140. The number of carbonyl (C=O) groups excluding carboxylic acids is 2. The molecule has 1 aromatic carbocycles. The Labute approximate surface area is 125 Å². The van der Waals surface area contributed by atoms with Gasteiger partial charge in [0.2, 0.25) is 5.91 Å². The first kappa shape index (κ1) is 15.4. The molecule has 0 aromatic heterocycles. The fourth-order valence-electron chi connectivity index (χ4n) is 2.11. The summed E-state index contributed by atoms with van der Waals surface area (Å²) in [6.45, 7) is 5.10. The molecule has 5 nitrogen and oxygen atoms in total. The monoisotopic (exact) mass is 289 g/mol. The number of hydrogen-bond acceptors (Lipinski definition) is 3. The zero-order valence-corrected chi connectivity index (χ0v) is 12.7. The Morgan fingerprint density at radius 3 is 2.71 bits per heavy atom. The van der Waals surface area contributed by atoms with Crippen molar-refractivity contribution in [1.29, 1.82) is 0 Å². The van der Waals surface area contributed by atoms with Crippen LogP contribution in [-0.4, -0.2) is 30.9 Å². The number of nitrogens with one attached hydrogen (secondary N) is 3. The number of hydrogen-bond donors (Lipinski definition) is 3. The van der Waals surface area contributed by atoms with Gasteiger partial charge in [-0.1, -0.05) is 6.07 Å². The van der Waals surface area contributed by atoms with Crippen molar-refractivity contribution >= 4 is 17.5 Å². The first-order valence-electron chi connectivity index (χ1n) is 7.52. The Morgan fingerprint density at radius 2 is 2.05 bits per heavy atom. The van der Waals surface area contributed by atoms with Gasteiger partial charge in [0.1, 0.15) is 0 Å². The van der Waals surface area contributed by atoms with Gasteiger partial charge >= 0.3 is 0 Å². The van der Waals surface area contributed by atoms with Crippen molar-refractivity contribution in [3.63, 3.8) is 0 Å². The molecule has 0 spiro atoms. The lowest BCUT2D eigenvalue weighted by molar-refractivity contribution is -0.121. The van der Waals surface area contributed by atoms with Crippen LogP contribution in [0.4, 0.5) is 5.69 Å². The van der Waals surface area contributed by atoms with Crippen molar-refractivity contribution < 1.29 is 9.59 Å². The third-order valence-corrected chi connectivity index (χ3v) is 3.37. The van der Waals surface area contributed by atoms with Gasteiger partial charge in [-0.05, 0) is 44.4 Å². The number of benzene rings is 1. The van der Waals surface area contributed by atoms with Crippen LogP contribution in [-0.2, 0) is 4.79 Å². The van der Waals surface area contributed by atoms with Crippen molar-refractivity contribution in [3.05, 3.63) is 29.3 Å². The Balaban J connectivity index is 1.85. The molecule has 1 saturated carbocycles. The van der Waals surface area contributed by atoms with Crippen LogP contribution in [0.15, 0.2) is 18.2 Å². The Hall–Kier alpha value is -2.04. The maximum Gasteiger partial charge on any atom is 0.253 e. The van der Waals surface area contributed by atoms with Gasteiger partial charge in [-0.25, -0.2) is 0 Å². The molecule has 21 heavy (non-hydrogen) atoms. The highest BCUT2D eigenvalue weighted by atomic mass is 16.2. The van der Waals surface area contributed by atoms with E-state index >= 15 is 0 Å². The Morgan fingerprint density at radius 1 is 1.29 bits per heavy atom. The highest BCUT2D eigenvalue weighted by molar-refractivity contribution is 5.99. The summed E-state index contributed by atoms with van der Waals surface area (Å²) < 4.78 is 0. The van der Waals surface area contributed by atoms with Gasteiger partial charge in [-0.3, -0.25) is 9.59 Å². The minimum absolute atomic E-state index is 0.00797. The molecule has 2 amide bonds. The summed E-state index contributed by atoms with van der Waals surface area (Å²) in [4.78, 5) is 23.7. The van der Waals surface area contributed by atoms with Crippen LogP contribution in [0.25, 0.3) is 0 Å². The van der Waals surface area contributed by atoms with Gasteiger partial charge in [0.05, 0.1) is 5.56 Å². The smallest absolute Gasteiger partial charge is 0.253 e. The summed E-state index contributed by atoms with van der Waals surface area (Å²) in [6, 6.07) is 6.05. The second-order valence-electron chi connectivity index (χ2n) is 5.43. The van der Waals surface area contributed by atoms with Crippen molar-refractivity contribution in [2.75, 3.05) is 18.4 Å². The molecule has 1 aliphatic rings. The zero-order chi connectivity index (χ0) is 15.2. The van der Waals surface area contributed by atoms with Crippen molar-refractivity contribution in [3.8, 4) is 0 Å². The van der Waals surface area contributed by atoms with E-state index in [2.05, 4.69) is 16.0 Å². The van der Waals surface area contributed by atoms with Crippen LogP contribution in [0.3, 0.4) is 0 Å². The molecule has 2 rings (SSSR count). The highest BCUT2D eigenvalue weighted by Crippen LogP contribution is 2.19. The van der Waals surface area contributed by atoms with Crippen LogP contribution in [0.2, 0.25) is 0 Å². The second kappa shape index (κ2) is 7.11. The van der Waals surface area contributed by atoms with E-state index in [-0.39, 0.29) is 11.8 Å². The largest absolute Gasteiger partial charge is 0.385 e. The lowest BCUT2D eigenvalue weighted by Gasteiger charge is -2.12. The summed E-state index contributed by atoms with van der Waals surface area (Å²) >= 11 is 0. The summed E-state index contributed by atoms with van der Waals surface area (Å²) in [6.07, 6.45) is 2.48. The predicted octanol–water partition coefficient (Wildman–Crippen LogP) is 1.83. The fourth-order valence-corrected chi connectivity index (χ4v) is 2.11. The number of rotatable bonds is 7. The average Bonchev–Trinajstić information content (AvgIpc) is 3.23. The predicted molar refractivity (Wildman–Crippen MR) is 83.5 cm³/mol. The number of carbonyl (C=O) groups is 2. The molecule has 0 unspecified atom stereocenters. The molecule has 0 heterocycles. The van der Waals surface area contributed by atoms with Gasteiger partial charge in [-0.15, -0.1) is 0 Å². The maximum atomic E-state index is 12.2. The third-order valence-electron chi connectivity index (χ3n) is 3.37. The molecule has 0 bridgehead atoms. The maximum absolute atomic E-state index is 12.2. The van der Waals surface area contributed by atoms with Gasteiger partial charge in [0.15, 0.2) is 0 Å². The molecule has 0 radical (unpaired) electrons. The molecular formula is C16H23N3O2. The Bertz CT molecular complexity index is 524. The van der Waals surface area contributed by atoms with Crippen LogP contribution in [0.5, 0.6) is 0 Å². The van der Waals surface area contributed by atoms with Crippen molar-refractivity contribution in [1.82, 2.24) is 10.6 Å². The van der Waals surface area contributed by atoms with E-state index in [0.717, 1.165) is 30.6 Å². The standard InChI is InChI=1S/C16H23N3O2/c1-3-17-14-10-11(2)4-7-13(14)16(21)18-9-8-15(20)19-12-5-6-12/h4,7,10,12,17H,3,5-6,8-9H2,1-2H3,(H,18,21)(H,19,20). The van der Waals surface area contributed by atoms with Crippen LogP contribution in [0.1, 0.15) is 42.1 Å². The molecule has 0 saturated heterocycles. The van der Waals surface area contributed by atoms with E-state index in [4.69, 9.17) is 0 Å². The van der Waals surface area contributed by atoms with Crippen LogP contribution in [0, 0.1) is 6.92 Å². The topological polar surface area (TPSA) is 70.2 Å². The van der Waals surface area contributed by atoms with E-state index in [0.29, 0.717) is 24.6 Å². The van der Waals surface area contributed by atoms with E-state index in [1.54, 1.807) is 0 Å². The average molecular weight is 289 g/mol. The zero-order valence-electron chi connectivity index (χ0n) is 12.7. The van der Waals surface area contributed by atoms with E-state index in [9.17, 15) is 9.59 Å². The molecule has 1 aliphatic carbocycles. The number of aryl methyl sites for hydroxylation is 1. The molecule has 1 aromatic rings. The molecule has 5 heteroatoms. The first-order chi connectivity index (χ1) is 10.1. The first-order valence-corrected chi connectivity index (χ1v) is 7.52. The van der Waals surface area contributed by atoms with Gasteiger partial charge < -0.3 is 16.0 Å². The van der Waals surface area contributed by atoms with E-state index in [1.807, 2.05) is 32.0 Å². The summed E-state index contributed by atoms with van der Waals surface area (Å²) in [5, 5.41) is 8.90.